The topological polar surface area (TPSA) is 38.0 Å². The third-order valence-electron chi connectivity index (χ3n) is 3.60. The molecule has 0 aromatic heterocycles. The maximum absolute atomic E-state index is 5.78. The molecule has 2 heteroatoms. The van der Waals surface area contributed by atoms with Crippen molar-refractivity contribution < 1.29 is 0 Å². The summed E-state index contributed by atoms with van der Waals surface area (Å²) in [6, 6.07) is 20.9. The van der Waals surface area contributed by atoms with E-state index in [4.69, 9.17) is 5.73 Å². The first-order chi connectivity index (χ1) is 9.74. The number of nitrogens with one attached hydrogen (secondary N) is 1. The average Bonchev–Trinajstić information content (AvgIpc) is 2.46. The van der Waals surface area contributed by atoms with Gasteiger partial charge in [-0.3, -0.25) is 0 Å². The number of anilines is 2. The van der Waals surface area contributed by atoms with E-state index in [9.17, 15) is 0 Å². The SMILES string of the molecule is Cc1cc(N)ccc1NCc1cccc2ccccc12. The summed E-state index contributed by atoms with van der Waals surface area (Å²) in [6.07, 6.45) is 0. The van der Waals surface area contributed by atoms with Crippen molar-refractivity contribution in [2.24, 2.45) is 0 Å². The molecule has 20 heavy (non-hydrogen) atoms. The lowest BCUT2D eigenvalue weighted by Crippen LogP contribution is -2.02. The van der Waals surface area contributed by atoms with Crippen LogP contribution in [0.5, 0.6) is 0 Å². The molecule has 0 spiro atoms. The molecule has 0 radical (unpaired) electrons. The Bertz CT molecular complexity index is 742. The van der Waals surface area contributed by atoms with Gasteiger partial charge < -0.3 is 11.1 Å². The minimum absolute atomic E-state index is 0.804. The molecule has 2 nitrogen and oxygen atoms in total. The normalized spacial score (nSPS) is 10.7. The van der Waals surface area contributed by atoms with Crippen LogP contribution in [0.3, 0.4) is 0 Å². The van der Waals surface area contributed by atoms with E-state index in [0.717, 1.165) is 17.9 Å². The highest BCUT2D eigenvalue weighted by Crippen LogP contribution is 2.22. The zero-order chi connectivity index (χ0) is 13.9. The molecule has 0 heterocycles. The lowest BCUT2D eigenvalue weighted by Gasteiger charge is -2.12. The van der Waals surface area contributed by atoms with Crippen LogP contribution in [0.1, 0.15) is 11.1 Å². The molecule has 0 atom stereocenters. The molecule has 0 aliphatic carbocycles. The van der Waals surface area contributed by atoms with Crippen LogP contribution in [0.15, 0.2) is 60.7 Å². The minimum Gasteiger partial charge on any atom is -0.399 e. The van der Waals surface area contributed by atoms with Gasteiger partial charge in [-0.25, -0.2) is 0 Å². The van der Waals surface area contributed by atoms with Gasteiger partial charge in [0.05, 0.1) is 0 Å². The van der Waals surface area contributed by atoms with Crippen molar-refractivity contribution in [2.45, 2.75) is 13.5 Å². The van der Waals surface area contributed by atoms with Crippen molar-refractivity contribution in [1.82, 2.24) is 0 Å². The van der Waals surface area contributed by atoms with E-state index >= 15 is 0 Å². The Morgan fingerprint density at radius 1 is 0.950 bits per heavy atom. The Kier molecular flexibility index (Phi) is 3.30. The van der Waals surface area contributed by atoms with Crippen LogP contribution in [0.25, 0.3) is 10.8 Å². The predicted molar refractivity (Wildman–Crippen MR) is 86.9 cm³/mol. The maximum Gasteiger partial charge on any atom is 0.0407 e. The Balaban J connectivity index is 1.87. The number of nitrogen functional groups attached to an aromatic ring is 1. The van der Waals surface area contributed by atoms with Gasteiger partial charge in [-0.05, 0) is 47.0 Å². The number of aryl methyl sites for hydroxylation is 1. The first-order valence-corrected chi connectivity index (χ1v) is 6.81. The van der Waals surface area contributed by atoms with Gasteiger partial charge in [-0.1, -0.05) is 42.5 Å². The van der Waals surface area contributed by atoms with Gasteiger partial charge in [0.15, 0.2) is 0 Å². The van der Waals surface area contributed by atoms with E-state index in [1.165, 1.54) is 21.9 Å². The number of nitrogens with two attached hydrogens (primary N) is 1. The van der Waals surface area contributed by atoms with Crippen LogP contribution in [0.2, 0.25) is 0 Å². The fraction of sp³-hybridized carbons (Fsp3) is 0.111. The summed E-state index contributed by atoms with van der Waals surface area (Å²) in [5.41, 5.74) is 10.2. The van der Waals surface area contributed by atoms with E-state index in [1.54, 1.807) is 0 Å². The van der Waals surface area contributed by atoms with Crippen molar-refractivity contribution in [3.05, 3.63) is 71.8 Å². The second-order valence-corrected chi connectivity index (χ2v) is 5.07. The zero-order valence-electron chi connectivity index (χ0n) is 11.6. The van der Waals surface area contributed by atoms with Gasteiger partial charge in [-0.15, -0.1) is 0 Å². The Labute approximate surface area is 119 Å². The Morgan fingerprint density at radius 3 is 2.60 bits per heavy atom. The van der Waals surface area contributed by atoms with E-state index in [0.29, 0.717) is 0 Å². The largest absolute Gasteiger partial charge is 0.399 e. The van der Waals surface area contributed by atoms with Crippen molar-refractivity contribution in [2.75, 3.05) is 11.1 Å². The fourth-order valence-corrected chi connectivity index (χ4v) is 2.52. The van der Waals surface area contributed by atoms with Crippen LogP contribution in [-0.4, -0.2) is 0 Å². The Hall–Kier alpha value is -2.48. The molecule has 0 aliphatic heterocycles. The van der Waals surface area contributed by atoms with Crippen molar-refractivity contribution >= 4 is 22.1 Å². The molecule has 3 aromatic rings. The van der Waals surface area contributed by atoms with Crippen molar-refractivity contribution in [3.63, 3.8) is 0 Å². The number of hydrogen-bond acceptors (Lipinski definition) is 2. The van der Waals surface area contributed by atoms with Gasteiger partial charge >= 0.3 is 0 Å². The summed E-state index contributed by atoms with van der Waals surface area (Å²) in [6.45, 7) is 2.88. The first kappa shape index (κ1) is 12.5. The molecule has 3 N–H and O–H groups in total. The lowest BCUT2D eigenvalue weighted by molar-refractivity contribution is 1.16. The standard InChI is InChI=1S/C18H18N2/c1-13-11-16(19)9-10-18(13)20-12-15-7-4-6-14-5-2-3-8-17(14)15/h2-11,20H,12,19H2,1H3. The molecule has 0 saturated heterocycles. The first-order valence-electron chi connectivity index (χ1n) is 6.81. The monoisotopic (exact) mass is 262 g/mol. The average molecular weight is 262 g/mol. The maximum atomic E-state index is 5.78. The number of hydrogen-bond donors (Lipinski definition) is 2. The molecule has 0 amide bonds. The predicted octanol–water partition coefficient (Wildman–Crippen LogP) is 4.34. The molecular formula is C18H18N2. The van der Waals surface area contributed by atoms with Gasteiger partial charge in [0.1, 0.15) is 0 Å². The smallest absolute Gasteiger partial charge is 0.0407 e. The van der Waals surface area contributed by atoms with E-state index in [1.807, 2.05) is 18.2 Å². The third kappa shape index (κ3) is 2.45. The summed E-state index contributed by atoms with van der Waals surface area (Å²) in [7, 11) is 0. The molecule has 3 aromatic carbocycles. The highest BCUT2D eigenvalue weighted by molar-refractivity contribution is 5.85. The van der Waals surface area contributed by atoms with Gasteiger partial charge in [0.25, 0.3) is 0 Å². The molecule has 0 bridgehead atoms. The molecular weight excluding hydrogens is 244 g/mol. The van der Waals surface area contributed by atoms with E-state index in [-0.39, 0.29) is 0 Å². The van der Waals surface area contributed by atoms with E-state index in [2.05, 4.69) is 54.7 Å². The molecule has 3 rings (SSSR count). The summed E-state index contributed by atoms with van der Waals surface area (Å²) >= 11 is 0. The highest BCUT2D eigenvalue weighted by atomic mass is 14.9. The highest BCUT2D eigenvalue weighted by Gasteiger charge is 2.02. The molecule has 0 unspecified atom stereocenters. The summed E-state index contributed by atoms with van der Waals surface area (Å²) in [5, 5.41) is 6.07. The van der Waals surface area contributed by atoms with E-state index < -0.39 is 0 Å². The number of fused-ring (bicyclic) bond motifs is 1. The Morgan fingerprint density at radius 2 is 1.75 bits per heavy atom. The van der Waals surface area contributed by atoms with Gasteiger partial charge in [0.2, 0.25) is 0 Å². The van der Waals surface area contributed by atoms with Crippen molar-refractivity contribution in [1.29, 1.82) is 0 Å². The summed E-state index contributed by atoms with van der Waals surface area (Å²) in [5.74, 6) is 0. The van der Waals surface area contributed by atoms with Crippen LogP contribution in [0, 0.1) is 6.92 Å². The van der Waals surface area contributed by atoms with Crippen LogP contribution in [0.4, 0.5) is 11.4 Å². The van der Waals surface area contributed by atoms with Gasteiger partial charge in [-0.2, -0.15) is 0 Å². The third-order valence-corrected chi connectivity index (χ3v) is 3.60. The van der Waals surface area contributed by atoms with Crippen molar-refractivity contribution in [3.8, 4) is 0 Å². The molecule has 0 fully saturated rings. The molecule has 0 saturated carbocycles. The fourth-order valence-electron chi connectivity index (χ4n) is 2.52. The van der Waals surface area contributed by atoms with Crippen LogP contribution in [-0.2, 0) is 6.54 Å². The zero-order valence-corrected chi connectivity index (χ0v) is 11.6. The number of rotatable bonds is 3. The lowest BCUT2D eigenvalue weighted by atomic mass is 10.0. The van der Waals surface area contributed by atoms with Crippen LogP contribution < -0.4 is 11.1 Å². The second-order valence-electron chi connectivity index (χ2n) is 5.07. The van der Waals surface area contributed by atoms with Crippen LogP contribution >= 0.6 is 0 Å². The number of benzene rings is 3. The molecule has 0 aliphatic rings. The molecule has 100 valence electrons. The summed E-state index contributed by atoms with van der Waals surface area (Å²) in [4.78, 5) is 0. The quantitative estimate of drug-likeness (QED) is 0.689. The second kappa shape index (κ2) is 5.25. The minimum atomic E-state index is 0.804. The van der Waals surface area contributed by atoms with Gasteiger partial charge in [0, 0.05) is 17.9 Å². The summed E-state index contributed by atoms with van der Waals surface area (Å²) < 4.78 is 0.